The maximum atomic E-state index is 6.22. The van der Waals surface area contributed by atoms with Crippen LogP contribution in [0.25, 0.3) is 0 Å². The zero-order chi connectivity index (χ0) is 14.0. The molecule has 2 aromatic carbocycles. The van der Waals surface area contributed by atoms with Crippen molar-refractivity contribution in [3.63, 3.8) is 0 Å². The average Bonchev–Trinajstić information content (AvgIpc) is 2.82. The van der Waals surface area contributed by atoms with Crippen molar-refractivity contribution in [2.45, 2.75) is 25.4 Å². The molecule has 2 aromatic rings. The van der Waals surface area contributed by atoms with Crippen molar-refractivity contribution >= 4 is 17.3 Å². The van der Waals surface area contributed by atoms with Crippen molar-refractivity contribution in [2.24, 2.45) is 5.16 Å². The Balaban J connectivity index is 1.77. The number of nitrogens with zero attached hydrogens (tertiary/aromatic N) is 1. The monoisotopic (exact) mass is 285 g/mol. The van der Waals surface area contributed by atoms with Crippen molar-refractivity contribution in [3.8, 4) is 0 Å². The van der Waals surface area contributed by atoms with Crippen LogP contribution in [0.1, 0.15) is 24.5 Å². The van der Waals surface area contributed by atoms with E-state index in [1.165, 1.54) is 5.56 Å². The maximum Gasteiger partial charge on any atom is 0.144 e. The molecule has 0 fully saturated rings. The molecule has 0 radical (unpaired) electrons. The Morgan fingerprint density at radius 1 is 1.10 bits per heavy atom. The summed E-state index contributed by atoms with van der Waals surface area (Å²) in [5.41, 5.74) is 2.85. The average molecular weight is 286 g/mol. The fourth-order valence-electron chi connectivity index (χ4n) is 2.55. The lowest BCUT2D eigenvalue weighted by molar-refractivity contribution is -0.00282. The maximum absolute atomic E-state index is 6.22. The Morgan fingerprint density at radius 2 is 1.80 bits per heavy atom. The van der Waals surface area contributed by atoms with Gasteiger partial charge in [-0.25, -0.2) is 0 Å². The minimum atomic E-state index is -0.296. The summed E-state index contributed by atoms with van der Waals surface area (Å²) in [6.07, 6.45) is 1.61. The number of rotatable bonds is 3. The van der Waals surface area contributed by atoms with Crippen LogP contribution in [-0.4, -0.2) is 11.3 Å². The predicted octanol–water partition coefficient (Wildman–Crippen LogP) is 4.47. The molecule has 3 rings (SSSR count). The second-order valence-corrected chi connectivity index (χ2v) is 5.81. The first-order chi connectivity index (χ1) is 9.66. The first kappa shape index (κ1) is 13.2. The molecule has 1 heterocycles. The molecule has 2 nitrogen and oxygen atoms in total. The number of oxime groups is 1. The summed E-state index contributed by atoms with van der Waals surface area (Å²) in [7, 11) is 0. The van der Waals surface area contributed by atoms with Gasteiger partial charge in [0.25, 0.3) is 0 Å². The van der Waals surface area contributed by atoms with E-state index in [1.807, 2.05) is 42.5 Å². The summed E-state index contributed by atoms with van der Waals surface area (Å²) in [6, 6.07) is 18.1. The largest absolute Gasteiger partial charge is 0.388 e. The lowest BCUT2D eigenvalue weighted by atomic mass is 9.90. The van der Waals surface area contributed by atoms with Crippen molar-refractivity contribution < 1.29 is 4.84 Å². The fraction of sp³-hybridized carbons (Fsp3) is 0.235. The van der Waals surface area contributed by atoms with Crippen molar-refractivity contribution in [1.29, 1.82) is 0 Å². The van der Waals surface area contributed by atoms with Crippen LogP contribution in [0.3, 0.4) is 0 Å². The van der Waals surface area contributed by atoms with E-state index < -0.39 is 0 Å². The summed E-state index contributed by atoms with van der Waals surface area (Å²) in [5.74, 6) is 0. The molecule has 1 aliphatic heterocycles. The van der Waals surface area contributed by atoms with E-state index in [-0.39, 0.29) is 5.60 Å². The van der Waals surface area contributed by atoms with E-state index >= 15 is 0 Å². The Kier molecular flexibility index (Phi) is 3.49. The highest BCUT2D eigenvalue weighted by molar-refractivity contribution is 6.34. The van der Waals surface area contributed by atoms with Gasteiger partial charge in [0.05, 0.1) is 5.71 Å². The molecule has 0 saturated heterocycles. The number of halogens is 1. The van der Waals surface area contributed by atoms with Crippen LogP contribution in [0.2, 0.25) is 5.02 Å². The molecule has 1 atom stereocenters. The lowest BCUT2D eigenvalue weighted by Gasteiger charge is -2.21. The number of hydrogen-bond donors (Lipinski definition) is 0. The van der Waals surface area contributed by atoms with Crippen LogP contribution >= 0.6 is 11.6 Å². The van der Waals surface area contributed by atoms with Gasteiger partial charge in [0.15, 0.2) is 0 Å². The minimum Gasteiger partial charge on any atom is -0.388 e. The normalized spacial score (nSPS) is 21.4. The fourth-order valence-corrected chi connectivity index (χ4v) is 2.79. The van der Waals surface area contributed by atoms with E-state index in [0.29, 0.717) is 0 Å². The smallest absolute Gasteiger partial charge is 0.144 e. The van der Waals surface area contributed by atoms with Gasteiger partial charge < -0.3 is 4.84 Å². The Hall–Kier alpha value is -1.80. The molecular weight excluding hydrogens is 270 g/mol. The highest BCUT2D eigenvalue weighted by Gasteiger charge is 2.35. The van der Waals surface area contributed by atoms with E-state index in [9.17, 15) is 0 Å². The first-order valence-corrected chi connectivity index (χ1v) is 7.08. The SMILES string of the molecule is CC1(Cc2ccccc2)CC(c2ccccc2Cl)=NO1. The van der Waals surface area contributed by atoms with Gasteiger partial charge >= 0.3 is 0 Å². The molecule has 0 saturated carbocycles. The van der Waals surface area contributed by atoms with Crippen LogP contribution < -0.4 is 0 Å². The molecule has 0 aromatic heterocycles. The standard InChI is InChI=1S/C17H16ClNO/c1-17(11-13-7-3-2-4-8-13)12-16(19-20-17)14-9-5-6-10-15(14)18/h2-10H,11-12H2,1H3. The summed E-state index contributed by atoms with van der Waals surface area (Å²) in [4.78, 5) is 5.70. The van der Waals surface area contributed by atoms with Crippen LogP contribution in [0.4, 0.5) is 0 Å². The van der Waals surface area contributed by atoms with Gasteiger partial charge in [-0.1, -0.05) is 65.3 Å². The molecule has 0 N–H and O–H groups in total. The molecule has 102 valence electrons. The minimum absolute atomic E-state index is 0.296. The van der Waals surface area contributed by atoms with E-state index in [2.05, 4.69) is 24.2 Å². The zero-order valence-corrected chi connectivity index (χ0v) is 12.1. The van der Waals surface area contributed by atoms with E-state index in [4.69, 9.17) is 16.4 Å². The van der Waals surface area contributed by atoms with E-state index in [0.717, 1.165) is 29.1 Å². The van der Waals surface area contributed by atoms with Crippen LogP contribution in [0, 0.1) is 0 Å². The van der Waals surface area contributed by atoms with Crippen LogP contribution in [0.5, 0.6) is 0 Å². The van der Waals surface area contributed by atoms with Gasteiger partial charge in [-0.05, 0) is 18.6 Å². The molecule has 0 amide bonds. The highest BCUT2D eigenvalue weighted by atomic mass is 35.5. The van der Waals surface area contributed by atoms with Gasteiger partial charge in [-0.2, -0.15) is 0 Å². The third-order valence-corrected chi connectivity index (χ3v) is 3.85. The number of hydrogen-bond acceptors (Lipinski definition) is 2. The Morgan fingerprint density at radius 3 is 2.55 bits per heavy atom. The summed E-state index contributed by atoms with van der Waals surface area (Å²) >= 11 is 6.22. The van der Waals surface area contributed by atoms with Gasteiger partial charge in [-0.3, -0.25) is 0 Å². The first-order valence-electron chi connectivity index (χ1n) is 6.70. The van der Waals surface area contributed by atoms with Gasteiger partial charge in [0, 0.05) is 23.4 Å². The molecule has 1 unspecified atom stereocenters. The molecule has 1 aliphatic rings. The molecule has 20 heavy (non-hydrogen) atoms. The van der Waals surface area contributed by atoms with Crippen LogP contribution in [-0.2, 0) is 11.3 Å². The highest BCUT2D eigenvalue weighted by Crippen LogP contribution is 2.31. The van der Waals surface area contributed by atoms with Gasteiger partial charge in [0.1, 0.15) is 5.60 Å². The van der Waals surface area contributed by atoms with Crippen LogP contribution in [0.15, 0.2) is 59.8 Å². The van der Waals surface area contributed by atoms with E-state index in [1.54, 1.807) is 0 Å². The van der Waals surface area contributed by atoms with Crippen molar-refractivity contribution in [1.82, 2.24) is 0 Å². The summed E-state index contributed by atoms with van der Waals surface area (Å²) in [5, 5.41) is 4.97. The molecule has 0 aliphatic carbocycles. The molecular formula is C17H16ClNO. The van der Waals surface area contributed by atoms with Crippen molar-refractivity contribution in [3.05, 3.63) is 70.7 Å². The zero-order valence-electron chi connectivity index (χ0n) is 11.3. The van der Waals surface area contributed by atoms with Gasteiger partial charge in [-0.15, -0.1) is 0 Å². The molecule has 0 bridgehead atoms. The van der Waals surface area contributed by atoms with Crippen molar-refractivity contribution in [2.75, 3.05) is 0 Å². The summed E-state index contributed by atoms with van der Waals surface area (Å²) < 4.78 is 0. The second kappa shape index (κ2) is 5.29. The lowest BCUT2D eigenvalue weighted by Crippen LogP contribution is -2.27. The summed E-state index contributed by atoms with van der Waals surface area (Å²) in [6.45, 7) is 2.09. The quantitative estimate of drug-likeness (QED) is 0.815. The topological polar surface area (TPSA) is 21.6 Å². The second-order valence-electron chi connectivity index (χ2n) is 5.40. The Labute approximate surface area is 124 Å². The number of benzene rings is 2. The third-order valence-electron chi connectivity index (χ3n) is 3.52. The third kappa shape index (κ3) is 2.70. The Bertz CT molecular complexity index is 638. The predicted molar refractivity (Wildman–Crippen MR) is 82.2 cm³/mol. The molecule has 3 heteroatoms. The molecule has 0 spiro atoms. The van der Waals surface area contributed by atoms with Gasteiger partial charge in [0.2, 0.25) is 0 Å².